The molecule has 1 aromatic rings. The molecule has 0 saturated carbocycles. The highest BCUT2D eigenvalue weighted by Gasteiger charge is 2.35. The highest BCUT2D eigenvalue weighted by atomic mass is 19.1. The minimum Gasteiger partial charge on any atom is -0.308 e. The van der Waals surface area contributed by atoms with Gasteiger partial charge in [-0.2, -0.15) is 0 Å². The predicted octanol–water partition coefficient (Wildman–Crippen LogP) is 3.32. The summed E-state index contributed by atoms with van der Waals surface area (Å²) in [5.74, 6) is -0.967. The lowest BCUT2D eigenvalue weighted by Crippen LogP contribution is -2.62. The van der Waals surface area contributed by atoms with Gasteiger partial charge in [0.2, 0.25) is 0 Å². The van der Waals surface area contributed by atoms with Crippen LogP contribution in [0.3, 0.4) is 0 Å². The molecule has 1 atom stereocenters. The lowest BCUT2D eigenvalue weighted by Gasteiger charge is -2.46. The third-order valence-corrected chi connectivity index (χ3v) is 4.64. The van der Waals surface area contributed by atoms with Crippen LogP contribution in [0, 0.1) is 11.6 Å². The first kappa shape index (κ1) is 15.4. The molecule has 1 fully saturated rings. The van der Waals surface area contributed by atoms with Crippen LogP contribution in [0.4, 0.5) is 8.78 Å². The summed E-state index contributed by atoms with van der Waals surface area (Å²) in [6.07, 6.45) is 2.11. The Morgan fingerprint density at radius 3 is 2.60 bits per heavy atom. The first-order chi connectivity index (χ1) is 9.49. The molecule has 1 aliphatic heterocycles. The Bertz CT molecular complexity index is 458. The Balaban J connectivity index is 2.14. The molecule has 0 aliphatic carbocycles. The zero-order chi connectivity index (χ0) is 14.8. The van der Waals surface area contributed by atoms with Crippen molar-refractivity contribution in [1.29, 1.82) is 0 Å². The maximum atomic E-state index is 13.8. The average molecular weight is 282 g/mol. The fraction of sp³-hybridized carbons (Fsp3) is 0.625. The Morgan fingerprint density at radius 2 is 2.00 bits per heavy atom. The summed E-state index contributed by atoms with van der Waals surface area (Å²) in [6.45, 7) is 8.86. The van der Waals surface area contributed by atoms with E-state index in [1.54, 1.807) is 6.07 Å². The minimum atomic E-state index is -0.518. The first-order valence-electron chi connectivity index (χ1n) is 7.42. The normalized spacial score (nSPS) is 22.9. The molecule has 2 rings (SSSR count). The maximum Gasteiger partial charge on any atom is 0.130 e. The molecule has 0 radical (unpaired) electrons. The standard InChI is InChI=1S/C16H24F2N2/c1-4-16(5-2)11-20(12(3)9-19-16)10-13-6-7-14(17)8-15(13)18/h6-8,12,19H,4-5,9-11H2,1-3H3. The molecule has 0 aromatic heterocycles. The van der Waals surface area contributed by atoms with Crippen molar-refractivity contribution in [3.63, 3.8) is 0 Å². The quantitative estimate of drug-likeness (QED) is 0.911. The summed E-state index contributed by atoms with van der Waals surface area (Å²) >= 11 is 0. The van der Waals surface area contributed by atoms with Crippen molar-refractivity contribution in [3.8, 4) is 0 Å². The van der Waals surface area contributed by atoms with Gasteiger partial charge in [-0.25, -0.2) is 8.78 Å². The van der Waals surface area contributed by atoms with Crippen LogP contribution in [0.2, 0.25) is 0 Å². The van der Waals surface area contributed by atoms with Gasteiger partial charge in [-0.1, -0.05) is 19.9 Å². The SMILES string of the molecule is CCC1(CC)CN(Cc2ccc(F)cc2F)C(C)CN1. The smallest absolute Gasteiger partial charge is 0.130 e. The number of rotatable bonds is 4. The van der Waals surface area contributed by atoms with Crippen molar-refractivity contribution >= 4 is 0 Å². The van der Waals surface area contributed by atoms with Crippen LogP contribution < -0.4 is 5.32 Å². The molecule has 1 saturated heterocycles. The fourth-order valence-electron chi connectivity index (χ4n) is 2.90. The molecule has 112 valence electrons. The molecule has 1 heterocycles. The minimum absolute atomic E-state index is 0.114. The lowest BCUT2D eigenvalue weighted by atomic mass is 9.88. The molecule has 1 aliphatic rings. The zero-order valence-corrected chi connectivity index (χ0v) is 12.5. The van der Waals surface area contributed by atoms with Crippen molar-refractivity contribution in [2.45, 2.75) is 51.7 Å². The molecule has 1 unspecified atom stereocenters. The number of nitrogens with zero attached hydrogens (tertiary/aromatic N) is 1. The summed E-state index contributed by atoms with van der Waals surface area (Å²) < 4.78 is 26.8. The van der Waals surface area contributed by atoms with Crippen molar-refractivity contribution in [1.82, 2.24) is 10.2 Å². The number of hydrogen-bond donors (Lipinski definition) is 1. The van der Waals surface area contributed by atoms with Crippen LogP contribution >= 0.6 is 0 Å². The Hall–Kier alpha value is -1.00. The Morgan fingerprint density at radius 1 is 1.30 bits per heavy atom. The fourth-order valence-corrected chi connectivity index (χ4v) is 2.90. The molecule has 1 N–H and O–H groups in total. The van der Waals surface area contributed by atoms with E-state index in [0.717, 1.165) is 32.0 Å². The van der Waals surface area contributed by atoms with Crippen LogP contribution in [0.15, 0.2) is 18.2 Å². The summed E-state index contributed by atoms with van der Waals surface area (Å²) in [6, 6.07) is 4.21. The summed E-state index contributed by atoms with van der Waals surface area (Å²) in [7, 11) is 0. The van der Waals surface area contributed by atoms with Gasteiger partial charge in [-0.05, 0) is 25.8 Å². The van der Waals surface area contributed by atoms with E-state index in [1.165, 1.54) is 6.07 Å². The van der Waals surface area contributed by atoms with Crippen LogP contribution in [0.1, 0.15) is 39.2 Å². The second-order valence-corrected chi connectivity index (χ2v) is 5.86. The summed E-state index contributed by atoms with van der Waals surface area (Å²) in [5, 5.41) is 3.63. The zero-order valence-electron chi connectivity index (χ0n) is 12.5. The molecule has 0 amide bonds. The highest BCUT2D eigenvalue weighted by molar-refractivity contribution is 5.19. The lowest BCUT2D eigenvalue weighted by molar-refractivity contribution is 0.0736. The van der Waals surface area contributed by atoms with Crippen molar-refractivity contribution in [2.24, 2.45) is 0 Å². The third-order valence-electron chi connectivity index (χ3n) is 4.64. The predicted molar refractivity (Wildman–Crippen MR) is 77.5 cm³/mol. The van der Waals surface area contributed by atoms with Crippen molar-refractivity contribution in [3.05, 3.63) is 35.4 Å². The third kappa shape index (κ3) is 3.18. The molecular formula is C16H24F2N2. The number of halogens is 2. The van der Waals surface area contributed by atoms with E-state index >= 15 is 0 Å². The number of benzene rings is 1. The monoisotopic (exact) mass is 282 g/mol. The second-order valence-electron chi connectivity index (χ2n) is 5.86. The van der Waals surface area contributed by atoms with Gasteiger partial charge >= 0.3 is 0 Å². The maximum absolute atomic E-state index is 13.8. The van der Waals surface area contributed by atoms with Crippen molar-refractivity contribution in [2.75, 3.05) is 13.1 Å². The number of piperazine rings is 1. The molecule has 0 spiro atoms. The van der Waals surface area contributed by atoms with Gasteiger partial charge < -0.3 is 5.32 Å². The molecule has 20 heavy (non-hydrogen) atoms. The van der Waals surface area contributed by atoms with Gasteiger partial charge in [0.1, 0.15) is 11.6 Å². The van der Waals surface area contributed by atoms with E-state index in [1.807, 2.05) is 0 Å². The molecule has 2 nitrogen and oxygen atoms in total. The molecule has 4 heteroatoms. The highest BCUT2D eigenvalue weighted by Crippen LogP contribution is 2.24. The largest absolute Gasteiger partial charge is 0.308 e. The van der Waals surface area contributed by atoms with E-state index in [4.69, 9.17) is 0 Å². The van der Waals surface area contributed by atoms with Crippen LogP contribution in [0.5, 0.6) is 0 Å². The second kappa shape index (κ2) is 6.19. The van der Waals surface area contributed by atoms with E-state index in [9.17, 15) is 8.78 Å². The molecule has 0 bridgehead atoms. The van der Waals surface area contributed by atoms with Crippen molar-refractivity contribution < 1.29 is 8.78 Å². The molecular weight excluding hydrogens is 258 g/mol. The van der Waals surface area contributed by atoms with Crippen LogP contribution in [0.25, 0.3) is 0 Å². The van der Waals surface area contributed by atoms with E-state index in [0.29, 0.717) is 18.2 Å². The van der Waals surface area contributed by atoms with Crippen LogP contribution in [-0.4, -0.2) is 29.6 Å². The number of nitrogens with one attached hydrogen (secondary N) is 1. The van der Waals surface area contributed by atoms with E-state index in [-0.39, 0.29) is 5.54 Å². The Kier molecular flexibility index (Phi) is 4.76. The summed E-state index contributed by atoms with van der Waals surface area (Å²) in [4.78, 5) is 2.29. The average Bonchev–Trinajstić information content (AvgIpc) is 2.44. The van der Waals surface area contributed by atoms with Gasteiger partial charge in [0.25, 0.3) is 0 Å². The van der Waals surface area contributed by atoms with Crippen LogP contribution in [-0.2, 0) is 6.54 Å². The topological polar surface area (TPSA) is 15.3 Å². The molecule has 1 aromatic carbocycles. The Labute approximate surface area is 120 Å². The van der Waals surface area contributed by atoms with E-state index < -0.39 is 11.6 Å². The van der Waals surface area contributed by atoms with Gasteiger partial charge in [0.15, 0.2) is 0 Å². The van der Waals surface area contributed by atoms with Gasteiger partial charge in [0.05, 0.1) is 0 Å². The van der Waals surface area contributed by atoms with E-state index in [2.05, 4.69) is 31.0 Å². The van der Waals surface area contributed by atoms with Gasteiger partial charge in [-0.15, -0.1) is 0 Å². The van der Waals surface area contributed by atoms with Gasteiger partial charge in [0, 0.05) is 42.8 Å². The number of hydrogen-bond acceptors (Lipinski definition) is 2. The first-order valence-corrected chi connectivity index (χ1v) is 7.42. The summed E-state index contributed by atoms with van der Waals surface area (Å²) in [5.41, 5.74) is 0.685. The van der Waals surface area contributed by atoms with Gasteiger partial charge in [-0.3, -0.25) is 4.90 Å².